The Morgan fingerprint density at radius 2 is 1.88 bits per heavy atom. The lowest BCUT2D eigenvalue weighted by Crippen LogP contribution is -2.29. The van der Waals surface area contributed by atoms with Gasteiger partial charge in [-0.05, 0) is 30.5 Å². The zero-order chi connectivity index (χ0) is 29.4. The summed E-state index contributed by atoms with van der Waals surface area (Å²) < 4.78 is 69.3. The molecule has 0 spiro atoms. The summed E-state index contributed by atoms with van der Waals surface area (Å²) >= 11 is 1.19. The summed E-state index contributed by atoms with van der Waals surface area (Å²) in [5, 5.41) is 3.08. The average molecular weight is 598 g/mol. The Balaban J connectivity index is 1.54. The number of carbonyl (C=O) groups is 2. The molecule has 0 aliphatic carbocycles. The molecule has 40 heavy (non-hydrogen) atoms. The van der Waals surface area contributed by atoms with Crippen LogP contribution < -0.4 is 10.2 Å². The number of hydrogen-bond acceptors (Lipinski definition) is 10. The summed E-state index contributed by atoms with van der Waals surface area (Å²) in [5.74, 6) is -1.82. The van der Waals surface area contributed by atoms with Gasteiger partial charge in [-0.25, -0.2) is 28.2 Å². The number of alkyl halides is 3. The van der Waals surface area contributed by atoms with Crippen LogP contribution in [0.15, 0.2) is 35.4 Å². The monoisotopic (exact) mass is 597 g/mol. The van der Waals surface area contributed by atoms with Crippen LogP contribution in [0.2, 0.25) is 0 Å². The van der Waals surface area contributed by atoms with Gasteiger partial charge >= 0.3 is 12.1 Å². The van der Waals surface area contributed by atoms with Crippen molar-refractivity contribution < 1.29 is 35.9 Å². The van der Waals surface area contributed by atoms with Crippen molar-refractivity contribution in [1.82, 2.24) is 15.0 Å². The molecule has 1 atom stereocenters. The first-order chi connectivity index (χ1) is 18.7. The van der Waals surface area contributed by atoms with Crippen LogP contribution in [-0.4, -0.2) is 48.1 Å². The van der Waals surface area contributed by atoms with Crippen molar-refractivity contribution in [2.45, 2.75) is 50.9 Å². The highest BCUT2D eigenvalue weighted by molar-refractivity contribution is 7.90. The first kappa shape index (κ1) is 29.4. The summed E-state index contributed by atoms with van der Waals surface area (Å²) in [5.41, 5.74) is -0.926. The largest absolute Gasteiger partial charge is 0.462 e. The third-order valence-electron chi connectivity index (χ3n) is 6.05. The minimum Gasteiger partial charge on any atom is -0.462 e. The van der Waals surface area contributed by atoms with Crippen molar-refractivity contribution in [2.24, 2.45) is 5.92 Å². The van der Waals surface area contributed by atoms with Gasteiger partial charge in [-0.2, -0.15) is 13.2 Å². The number of benzene rings is 1. The van der Waals surface area contributed by atoms with Gasteiger partial charge in [0.1, 0.15) is 5.56 Å². The topological polar surface area (TPSA) is 131 Å². The molecule has 1 aromatic carbocycles. The smallest absolute Gasteiger partial charge is 0.434 e. The Morgan fingerprint density at radius 1 is 1.20 bits per heavy atom. The minimum atomic E-state index is -4.90. The number of thiazole rings is 1. The quantitative estimate of drug-likeness (QED) is 0.375. The van der Waals surface area contributed by atoms with Crippen molar-refractivity contribution in [2.75, 3.05) is 23.1 Å². The van der Waals surface area contributed by atoms with Crippen molar-refractivity contribution in [3.8, 4) is 0 Å². The van der Waals surface area contributed by atoms with E-state index in [2.05, 4.69) is 20.3 Å². The average Bonchev–Trinajstić information content (AvgIpc) is 3.40. The molecule has 1 N–H and O–H groups in total. The van der Waals surface area contributed by atoms with E-state index in [1.165, 1.54) is 30.4 Å². The molecule has 0 unspecified atom stereocenters. The first-order valence-electron chi connectivity index (χ1n) is 12.2. The van der Waals surface area contributed by atoms with Crippen LogP contribution in [0.1, 0.15) is 59.0 Å². The lowest BCUT2D eigenvalue weighted by atomic mass is 10.0. The molecule has 0 saturated heterocycles. The lowest BCUT2D eigenvalue weighted by Gasteiger charge is -2.28. The highest BCUT2D eigenvalue weighted by Crippen LogP contribution is 2.44. The molecule has 1 aliphatic rings. The number of nitrogens with zero attached hydrogens (tertiary/aromatic N) is 4. The molecule has 1 aliphatic heterocycles. The normalized spacial score (nSPS) is 15.3. The van der Waals surface area contributed by atoms with Crippen molar-refractivity contribution >= 4 is 44.1 Å². The number of amides is 1. The van der Waals surface area contributed by atoms with Crippen LogP contribution >= 0.6 is 11.3 Å². The molecule has 2 aromatic heterocycles. The van der Waals surface area contributed by atoms with E-state index in [4.69, 9.17) is 4.74 Å². The molecule has 10 nitrogen and oxygen atoms in total. The fraction of sp³-hybridized carbons (Fsp3) is 0.400. The van der Waals surface area contributed by atoms with Gasteiger partial charge in [0.25, 0.3) is 0 Å². The molecule has 15 heteroatoms. The van der Waals surface area contributed by atoms with Crippen LogP contribution in [0.4, 0.5) is 24.3 Å². The molecule has 0 bridgehead atoms. The lowest BCUT2D eigenvalue weighted by molar-refractivity contribution is -0.141. The zero-order valence-electron chi connectivity index (χ0n) is 21.9. The third kappa shape index (κ3) is 6.25. The summed E-state index contributed by atoms with van der Waals surface area (Å²) in [6.07, 6.45) is -2.98. The Morgan fingerprint density at radius 3 is 2.45 bits per heavy atom. The molecule has 0 saturated carbocycles. The van der Waals surface area contributed by atoms with Gasteiger partial charge in [0, 0.05) is 12.5 Å². The molecule has 0 radical (unpaired) electrons. The SMILES string of the molecule is CCOC(=O)c1cnc(N2Cc3sc(NC(=O)Cc4ccc(S(C)(=O)=O)cc4)nc3[C@@H]2C(C)C)nc1C(F)(F)F. The van der Waals surface area contributed by atoms with E-state index in [0.717, 1.165) is 17.3 Å². The summed E-state index contributed by atoms with van der Waals surface area (Å²) in [6, 6.07) is 5.52. The summed E-state index contributed by atoms with van der Waals surface area (Å²) in [4.78, 5) is 39.5. The van der Waals surface area contributed by atoms with Crippen molar-refractivity contribution in [1.29, 1.82) is 0 Å². The second-order valence-electron chi connectivity index (χ2n) is 9.44. The number of anilines is 2. The predicted octanol–water partition coefficient (Wildman–Crippen LogP) is 4.43. The molecular formula is C25H26F3N5O5S2. The van der Waals surface area contributed by atoms with E-state index >= 15 is 0 Å². The Kier molecular flexibility index (Phi) is 8.17. The second-order valence-corrected chi connectivity index (χ2v) is 12.5. The standard InChI is InChI=1S/C25H26F3N5O5S2/c1-5-38-22(35)16-11-29-23(32-21(16)25(26,27)28)33-12-17-19(20(33)13(2)3)31-24(39-17)30-18(34)10-14-6-8-15(9-7-14)40(4,36)37/h6-9,11,13,20H,5,10,12H2,1-4H3,(H,30,31,34)/t20-/m0/s1. The fourth-order valence-electron chi connectivity index (χ4n) is 4.32. The van der Waals surface area contributed by atoms with Crippen LogP contribution in [0, 0.1) is 5.92 Å². The Hall–Kier alpha value is -3.59. The number of esters is 1. The molecule has 0 fully saturated rings. The van der Waals surface area contributed by atoms with Crippen molar-refractivity contribution in [3.63, 3.8) is 0 Å². The highest BCUT2D eigenvalue weighted by atomic mass is 32.2. The minimum absolute atomic E-state index is 0.00506. The van der Waals surface area contributed by atoms with Gasteiger partial charge in [0.05, 0.1) is 41.1 Å². The van der Waals surface area contributed by atoms with Crippen LogP contribution in [0.3, 0.4) is 0 Å². The van der Waals surface area contributed by atoms with E-state index in [9.17, 15) is 31.2 Å². The molecule has 4 rings (SSSR count). The van der Waals surface area contributed by atoms with Crippen molar-refractivity contribution in [3.05, 3.63) is 57.9 Å². The molecule has 3 aromatic rings. The van der Waals surface area contributed by atoms with Gasteiger partial charge < -0.3 is 15.0 Å². The molecule has 214 valence electrons. The zero-order valence-corrected chi connectivity index (χ0v) is 23.6. The maximum absolute atomic E-state index is 13.8. The number of nitrogens with one attached hydrogen (secondary N) is 1. The van der Waals surface area contributed by atoms with E-state index in [1.54, 1.807) is 17.0 Å². The number of halogens is 3. The number of sulfone groups is 1. The maximum Gasteiger partial charge on any atom is 0.434 e. The summed E-state index contributed by atoms with van der Waals surface area (Å²) in [7, 11) is -3.35. The van der Waals surface area contributed by atoms with Gasteiger partial charge in [0.15, 0.2) is 20.7 Å². The number of ether oxygens (including phenoxy) is 1. The number of hydrogen-bond donors (Lipinski definition) is 1. The Labute approximate surface area is 232 Å². The maximum atomic E-state index is 13.8. The van der Waals surface area contributed by atoms with Gasteiger partial charge in [-0.15, -0.1) is 0 Å². The number of fused-ring (bicyclic) bond motifs is 1. The first-order valence-corrected chi connectivity index (χ1v) is 14.9. The van der Waals surface area contributed by atoms with Crippen LogP contribution in [0.25, 0.3) is 0 Å². The molecule has 3 heterocycles. The van der Waals surface area contributed by atoms with E-state index < -0.39 is 39.3 Å². The van der Waals surface area contributed by atoms with Crippen LogP contribution in [-0.2, 0) is 38.5 Å². The summed E-state index contributed by atoms with van der Waals surface area (Å²) in [6.45, 7) is 5.30. The van der Waals surface area contributed by atoms with E-state index in [0.29, 0.717) is 16.4 Å². The molecular weight excluding hydrogens is 571 g/mol. The van der Waals surface area contributed by atoms with E-state index in [-0.39, 0.29) is 42.2 Å². The Bertz CT molecular complexity index is 1540. The van der Waals surface area contributed by atoms with Gasteiger partial charge in [0.2, 0.25) is 11.9 Å². The predicted molar refractivity (Wildman–Crippen MR) is 141 cm³/mol. The molecule has 1 amide bonds. The third-order valence-corrected chi connectivity index (χ3v) is 8.15. The van der Waals surface area contributed by atoms with Gasteiger partial charge in [-0.3, -0.25) is 4.79 Å². The number of carbonyl (C=O) groups excluding carboxylic acids is 2. The second kappa shape index (κ2) is 11.1. The highest BCUT2D eigenvalue weighted by Gasteiger charge is 2.42. The van der Waals surface area contributed by atoms with Crippen LogP contribution in [0.5, 0.6) is 0 Å². The number of rotatable bonds is 8. The fourth-order valence-corrected chi connectivity index (χ4v) is 5.97. The number of aromatic nitrogens is 3. The van der Waals surface area contributed by atoms with E-state index in [1.807, 2.05) is 13.8 Å². The van der Waals surface area contributed by atoms with Gasteiger partial charge in [-0.1, -0.05) is 37.3 Å².